The van der Waals surface area contributed by atoms with Crippen LogP contribution in [0, 0.1) is 6.92 Å². The van der Waals surface area contributed by atoms with Gasteiger partial charge < -0.3 is 9.73 Å². The average molecular weight is 403 g/mol. The highest BCUT2D eigenvalue weighted by Gasteiger charge is 2.28. The fraction of sp³-hybridized carbons (Fsp3) is 0.227. The summed E-state index contributed by atoms with van der Waals surface area (Å²) in [5.41, 5.74) is 5.97. The van der Waals surface area contributed by atoms with E-state index in [1.807, 2.05) is 19.1 Å². The summed E-state index contributed by atoms with van der Waals surface area (Å²) < 4.78 is 5.88. The molecule has 1 aliphatic rings. The maximum absolute atomic E-state index is 12.7. The van der Waals surface area contributed by atoms with Crippen molar-refractivity contribution in [2.75, 3.05) is 0 Å². The van der Waals surface area contributed by atoms with Gasteiger partial charge in [0.2, 0.25) is 0 Å². The quantitative estimate of drug-likeness (QED) is 0.637. The molecule has 8 nitrogen and oxygen atoms in total. The molecule has 3 heterocycles. The molecule has 1 aliphatic carbocycles. The summed E-state index contributed by atoms with van der Waals surface area (Å²) in [5, 5.41) is 7.17. The Labute approximate surface area is 173 Å². The van der Waals surface area contributed by atoms with Gasteiger partial charge in [0, 0.05) is 42.7 Å². The van der Waals surface area contributed by atoms with Crippen molar-refractivity contribution < 1.29 is 14.0 Å². The lowest BCUT2D eigenvalue weighted by Gasteiger charge is -2.13. The lowest BCUT2D eigenvalue weighted by molar-refractivity contribution is 0.0918. The second-order valence-electron chi connectivity index (χ2n) is 6.97. The van der Waals surface area contributed by atoms with Crippen LogP contribution in [-0.2, 0) is 13.0 Å². The summed E-state index contributed by atoms with van der Waals surface area (Å²) >= 11 is 0. The van der Waals surface area contributed by atoms with Crippen LogP contribution < -0.4 is 10.7 Å². The van der Waals surface area contributed by atoms with Gasteiger partial charge in [0.25, 0.3) is 11.8 Å². The van der Waals surface area contributed by atoms with Crippen molar-refractivity contribution in [3.63, 3.8) is 0 Å². The molecule has 0 atom stereocenters. The van der Waals surface area contributed by atoms with Crippen molar-refractivity contribution in [1.82, 2.24) is 20.7 Å². The highest BCUT2D eigenvalue weighted by molar-refractivity contribution is 6.07. The minimum Gasteiger partial charge on any atom is -0.455 e. The SMILES string of the molecule is Cc1c(C(=O)NCc2cccnc2)oc2c1/C(=N/NC(=O)c1ccccn1)CCC2. The van der Waals surface area contributed by atoms with Crippen molar-refractivity contribution in [2.24, 2.45) is 5.10 Å². The summed E-state index contributed by atoms with van der Waals surface area (Å²) in [6.45, 7) is 2.20. The standard InChI is InChI=1S/C22H21N5O3/c1-14-19-16(26-27-21(28)17-7-2-3-11-24-17)8-4-9-18(19)30-20(14)22(29)25-13-15-6-5-10-23-12-15/h2-3,5-7,10-12H,4,8-9,13H2,1H3,(H,25,29)(H,27,28)/b26-16+. The van der Waals surface area contributed by atoms with E-state index >= 15 is 0 Å². The zero-order chi connectivity index (χ0) is 20.9. The molecule has 0 radical (unpaired) electrons. The molecule has 8 heteroatoms. The highest BCUT2D eigenvalue weighted by atomic mass is 16.4. The predicted molar refractivity (Wildman–Crippen MR) is 110 cm³/mol. The van der Waals surface area contributed by atoms with Gasteiger partial charge in [-0.2, -0.15) is 5.10 Å². The van der Waals surface area contributed by atoms with Crippen LogP contribution in [0.15, 0.2) is 58.4 Å². The van der Waals surface area contributed by atoms with E-state index in [1.54, 1.807) is 36.8 Å². The van der Waals surface area contributed by atoms with Crippen LogP contribution in [0.5, 0.6) is 0 Å². The third-order valence-corrected chi connectivity index (χ3v) is 4.90. The molecule has 0 aromatic carbocycles. The first-order valence-corrected chi connectivity index (χ1v) is 9.71. The van der Waals surface area contributed by atoms with E-state index in [2.05, 4.69) is 25.8 Å². The summed E-state index contributed by atoms with van der Waals surface area (Å²) in [6, 6.07) is 8.81. The lowest BCUT2D eigenvalue weighted by atomic mass is 9.93. The normalized spacial score (nSPS) is 14.2. The molecule has 0 fully saturated rings. The molecule has 0 aliphatic heterocycles. The molecule has 4 rings (SSSR count). The first-order chi connectivity index (χ1) is 14.6. The molecule has 0 unspecified atom stereocenters. The van der Waals surface area contributed by atoms with Crippen LogP contribution in [0.25, 0.3) is 0 Å². The predicted octanol–water partition coefficient (Wildman–Crippen LogP) is 2.78. The number of nitrogens with zero attached hydrogens (tertiary/aromatic N) is 3. The summed E-state index contributed by atoms with van der Waals surface area (Å²) in [4.78, 5) is 33.0. The smallest absolute Gasteiger partial charge is 0.289 e. The van der Waals surface area contributed by atoms with Gasteiger partial charge in [0.05, 0.1) is 5.71 Å². The molecular formula is C22H21N5O3. The van der Waals surface area contributed by atoms with Gasteiger partial charge >= 0.3 is 0 Å². The monoisotopic (exact) mass is 403 g/mol. The lowest BCUT2D eigenvalue weighted by Crippen LogP contribution is -2.24. The van der Waals surface area contributed by atoms with Gasteiger partial charge in [-0.25, -0.2) is 5.43 Å². The van der Waals surface area contributed by atoms with Crippen molar-refractivity contribution in [2.45, 2.75) is 32.7 Å². The van der Waals surface area contributed by atoms with Crippen molar-refractivity contribution in [3.8, 4) is 0 Å². The molecule has 0 spiro atoms. The number of rotatable bonds is 5. The number of aromatic nitrogens is 2. The topological polar surface area (TPSA) is 109 Å². The second-order valence-corrected chi connectivity index (χ2v) is 6.97. The maximum Gasteiger partial charge on any atom is 0.289 e. The van der Waals surface area contributed by atoms with E-state index in [0.29, 0.717) is 18.7 Å². The van der Waals surface area contributed by atoms with Crippen molar-refractivity contribution >= 4 is 17.5 Å². The molecule has 2 N–H and O–H groups in total. The van der Waals surface area contributed by atoms with E-state index in [0.717, 1.165) is 35.3 Å². The fourth-order valence-corrected chi connectivity index (χ4v) is 3.43. The summed E-state index contributed by atoms with van der Waals surface area (Å²) in [5.74, 6) is 0.319. The molecule has 0 saturated carbocycles. The fourth-order valence-electron chi connectivity index (χ4n) is 3.43. The third kappa shape index (κ3) is 4.12. The van der Waals surface area contributed by atoms with Crippen LogP contribution in [-0.4, -0.2) is 27.5 Å². The number of carbonyl (C=O) groups excluding carboxylic acids is 2. The Hall–Kier alpha value is -3.81. The maximum atomic E-state index is 12.7. The Bertz CT molecular complexity index is 1090. The molecular weight excluding hydrogens is 382 g/mol. The number of pyridine rings is 2. The van der Waals surface area contributed by atoms with Gasteiger partial charge in [-0.15, -0.1) is 0 Å². The van der Waals surface area contributed by atoms with Gasteiger partial charge in [0.15, 0.2) is 5.76 Å². The number of hydrogen-bond acceptors (Lipinski definition) is 6. The largest absolute Gasteiger partial charge is 0.455 e. The number of hydrazone groups is 1. The van der Waals surface area contributed by atoms with Crippen LogP contribution in [0.1, 0.15) is 56.3 Å². The minimum atomic E-state index is -0.384. The number of amides is 2. The van der Waals surface area contributed by atoms with E-state index in [4.69, 9.17) is 4.42 Å². The average Bonchev–Trinajstić information content (AvgIpc) is 3.14. The first kappa shape index (κ1) is 19.5. The molecule has 30 heavy (non-hydrogen) atoms. The van der Waals surface area contributed by atoms with Gasteiger partial charge in [-0.1, -0.05) is 12.1 Å². The molecule has 152 valence electrons. The molecule has 0 saturated heterocycles. The van der Waals surface area contributed by atoms with E-state index in [-0.39, 0.29) is 23.3 Å². The first-order valence-electron chi connectivity index (χ1n) is 9.71. The summed E-state index contributed by atoms with van der Waals surface area (Å²) in [7, 11) is 0. The Morgan fingerprint density at radius 3 is 2.80 bits per heavy atom. The second kappa shape index (κ2) is 8.69. The number of carbonyl (C=O) groups is 2. The molecule has 3 aromatic heterocycles. The van der Waals surface area contributed by atoms with Crippen molar-refractivity contribution in [1.29, 1.82) is 0 Å². The minimum absolute atomic E-state index is 0.273. The molecule has 0 bridgehead atoms. The Morgan fingerprint density at radius 2 is 2.03 bits per heavy atom. The summed E-state index contributed by atoms with van der Waals surface area (Å²) in [6.07, 6.45) is 7.18. The van der Waals surface area contributed by atoms with Crippen LogP contribution in [0.2, 0.25) is 0 Å². The van der Waals surface area contributed by atoms with E-state index < -0.39 is 0 Å². The number of fused-ring (bicyclic) bond motifs is 1. The number of furan rings is 1. The van der Waals surface area contributed by atoms with Crippen LogP contribution in [0.4, 0.5) is 0 Å². The zero-order valence-electron chi connectivity index (χ0n) is 16.5. The highest BCUT2D eigenvalue weighted by Crippen LogP contribution is 2.29. The Balaban J connectivity index is 1.51. The number of hydrogen-bond donors (Lipinski definition) is 2. The Kier molecular flexibility index (Phi) is 5.65. The third-order valence-electron chi connectivity index (χ3n) is 4.90. The van der Waals surface area contributed by atoms with Gasteiger partial charge in [-0.05, 0) is 43.5 Å². The van der Waals surface area contributed by atoms with Crippen LogP contribution >= 0.6 is 0 Å². The number of nitrogens with one attached hydrogen (secondary N) is 2. The number of aryl methyl sites for hydroxylation is 1. The van der Waals surface area contributed by atoms with Gasteiger partial charge in [-0.3, -0.25) is 19.6 Å². The molecule has 3 aromatic rings. The van der Waals surface area contributed by atoms with Crippen LogP contribution in [0.3, 0.4) is 0 Å². The molecule has 2 amide bonds. The van der Waals surface area contributed by atoms with E-state index in [9.17, 15) is 9.59 Å². The zero-order valence-corrected chi connectivity index (χ0v) is 16.5. The van der Waals surface area contributed by atoms with E-state index in [1.165, 1.54) is 0 Å². The Morgan fingerprint density at radius 1 is 1.13 bits per heavy atom. The van der Waals surface area contributed by atoms with Crippen molar-refractivity contribution in [3.05, 3.63) is 82.8 Å². The van der Waals surface area contributed by atoms with Gasteiger partial charge in [0.1, 0.15) is 11.5 Å².